The topological polar surface area (TPSA) is 91.7 Å². The second-order valence-corrected chi connectivity index (χ2v) is 3.92. The van der Waals surface area contributed by atoms with Crippen LogP contribution in [0, 0.1) is 0 Å². The fourth-order valence-electron chi connectivity index (χ4n) is 1.04. The summed E-state index contributed by atoms with van der Waals surface area (Å²) >= 11 is 1.34. The van der Waals surface area contributed by atoms with Gasteiger partial charge in [-0.3, -0.25) is 0 Å². The van der Waals surface area contributed by atoms with Crippen molar-refractivity contribution >= 4 is 17.7 Å². The van der Waals surface area contributed by atoms with Gasteiger partial charge in [-0.1, -0.05) is 0 Å². The zero-order valence-electron chi connectivity index (χ0n) is 8.78. The minimum Gasteiger partial charge on any atom is -0.481 e. The summed E-state index contributed by atoms with van der Waals surface area (Å²) in [5, 5.41) is 9.09. The third kappa shape index (κ3) is 2.22. The van der Waals surface area contributed by atoms with E-state index in [-0.39, 0.29) is 5.95 Å². The van der Waals surface area contributed by atoms with Gasteiger partial charge in [-0.15, -0.1) is 10.2 Å². The quantitative estimate of drug-likeness (QED) is 0.771. The summed E-state index contributed by atoms with van der Waals surface area (Å²) in [7, 11) is 3.38. The lowest BCUT2D eigenvalue weighted by molar-refractivity contribution is 0.396. The predicted molar refractivity (Wildman–Crippen MR) is 58.1 cm³/mol. The third-order valence-electron chi connectivity index (χ3n) is 1.77. The van der Waals surface area contributed by atoms with E-state index in [0.717, 1.165) is 5.16 Å². The minimum atomic E-state index is 0.170. The number of methoxy groups -OCH3 is 1. The first kappa shape index (κ1) is 10.7. The molecule has 0 saturated carbocycles. The Kier molecular flexibility index (Phi) is 2.91. The second-order valence-electron chi connectivity index (χ2n) is 2.93. The summed E-state index contributed by atoms with van der Waals surface area (Å²) in [6.07, 6.45) is 1.62. The number of aryl methyl sites for hydroxylation is 1. The van der Waals surface area contributed by atoms with Gasteiger partial charge in [-0.05, 0) is 11.8 Å². The number of rotatable bonds is 3. The van der Waals surface area contributed by atoms with Crippen LogP contribution >= 0.6 is 11.8 Å². The fourth-order valence-corrected chi connectivity index (χ4v) is 1.80. The van der Waals surface area contributed by atoms with Crippen LogP contribution in [0.25, 0.3) is 0 Å². The highest BCUT2D eigenvalue weighted by Gasteiger charge is 2.08. The number of nitrogen functional groups attached to an aromatic ring is 1. The van der Waals surface area contributed by atoms with E-state index in [1.54, 1.807) is 17.0 Å². The Morgan fingerprint density at radius 3 is 2.88 bits per heavy atom. The normalized spacial score (nSPS) is 10.4. The number of nitrogens with two attached hydrogens (primary N) is 1. The fraction of sp³-hybridized carbons (Fsp3) is 0.250. The van der Waals surface area contributed by atoms with Crippen LogP contribution in [0.3, 0.4) is 0 Å². The summed E-state index contributed by atoms with van der Waals surface area (Å²) < 4.78 is 6.78. The third-order valence-corrected chi connectivity index (χ3v) is 2.74. The minimum absolute atomic E-state index is 0.170. The highest BCUT2D eigenvalue weighted by atomic mass is 32.2. The van der Waals surface area contributed by atoms with Gasteiger partial charge in [0, 0.05) is 13.1 Å². The van der Waals surface area contributed by atoms with Crippen molar-refractivity contribution in [2.75, 3.05) is 12.8 Å². The molecular formula is C8H10N6OS. The molecule has 0 aromatic carbocycles. The van der Waals surface area contributed by atoms with E-state index in [2.05, 4.69) is 20.2 Å². The maximum absolute atomic E-state index is 5.54. The van der Waals surface area contributed by atoms with Crippen LogP contribution < -0.4 is 10.5 Å². The predicted octanol–water partition coefficient (Wildman–Crippen LogP) is 0.347. The van der Waals surface area contributed by atoms with Crippen LogP contribution in [0.4, 0.5) is 5.95 Å². The molecule has 0 aliphatic heterocycles. The molecule has 2 N–H and O–H groups in total. The Morgan fingerprint density at radius 2 is 2.25 bits per heavy atom. The van der Waals surface area contributed by atoms with Gasteiger partial charge in [0.2, 0.25) is 11.8 Å². The zero-order valence-corrected chi connectivity index (χ0v) is 9.60. The largest absolute Gasteiger partial charge is 0.481 e. The van der Waals surface area contributed by atoms with Gasteiger partial charge in [0.25, 0.3) is 0 Å². The molecule has 2 aromatic heterocycles. The highest BCUT2D eigenvalue weighted by Crippen LogP contribution is 2.26. The standard InChI is InChI=1S/C8H10N6OS/c1-14-4-10-13-8(14)16-6-3-5(15-2)11-7(9)12-6/h3-4H,1-2H3,(H2,9,11,12). The van der Waals surface area contributed by atoms with Gasteiger partial charge in [0.15, 0.2) is 5.16 Å². The van der Waals surface area contributed by atoms with Gasteiger partial charge in [0.05, 0.1) is 7.11 Å². The van der Waals surface area contributed by atoms with Gasteiger partial charge in [-0.2, -0.15) is 4.98 Å². The molecule has 0 aliphatic rings. The van der Waals surface area contributed by atoms with Gasteiger partial charge >= 0.3 is 0 Å². The average molecular weight is 238 g/mol. The number of ether oxygens (including phenoxy) is 1. The van der Waals surface area contributed by atoms with E-state index in [4.69, 9.17) is 10.5 Å². The summed E-state index contributed by atoms with van der Waals surface area (Å²) in [4.78, 5) is 7.96. The monoisotopic (exact) mass is 238 g/mol. The molecule has 2 aromatic rings. The van der Waals surface area contributed by atoms with Gasteiger partial charge < -0.3 is 15.0 Å². The van der Waals surface area contributed by atoms with Crippen molar-refractivity contribution < 1.29 is 4.74 Å². The lowest BCUT2D eigenvalue weighted by Gasteiger charge is -2.03. The molecule has 2 rings (SSSR count). The van der Waals surface area contributed by atoms with E-state index in [0.29, 0.717) is 10.9 Å². The van der Waals surface area contributed by atoms with Crippen LogP contribution in [0.5, 0.6) is 5.88 Å². The summed E-state index contributed by atoms with van der Waals surface area (Å²) in [6, 6.07) is 1.69. The van der Waals surface area contributed by atoms with Crippen molar-refractivity contribution in [3.05, 3.63) is 12.4 Å². The molecule has 0 saturated heterocycles. The first-order valence-corrected chi connectivity index (χ1v) is 5.21. The lowest BCUT2D eigenvalue weighted by Crippen LogP contribution is -1.99. The number of anilines is 1. The number of hydrogen-bond donors (Lipinski definition) is 1. The lowest BCUT2D eigenvalue weighted by atomic mass is 10.6. The van der Waals surface area contributed by atoms with E-state index >= 15 is 0 Å². The molecule has 0 unspecified atom stereocenters. The molecule has 16 heavy (non-hydrogen) atoms. The Bertz CT molecular complexity index is 499. The number of hydrogen-bond acceptors (Lipinski definition) is 7. The number of nitrogens with zero attached hydrogens (tertiary/aromatic N) is 5. The van der Waals surface area contributed by atoms with Crippen LogP contribution in [-0.2, 0) is 7.05 Å². The molecule has 0 radical (unpaired) electrons. The van der Waals surface area contributed by atoms with Crippen LogP contribution in [0.1, 0.15) is 0 Å². The molecule has 2 heterocycles. The smallest absolute Gasteiger partial charge is 0.224 e. The molecule has 0 amide bonds. The molecule has 0 spiro atoms. The average Bonchev–Trinajstić information content (AvgIpc) is 2.63. The maximum Gasteiger partial charge on any atom is 0.224 e. The van der Waals surface area contributed by atoms with Crippen molar-refractivity contribution in [2.24, 2.45) is 7.05 Å². The Hall–Kier alpha value is -1.83. The van der Waals surface area contributed by atoms with Crippen molar-refractivity contribution in [2.45, 2.75) is 10.2 Å². The molecule has 0 atom stereocenters. The van der Waals surface area contributed by atoms with Gasteiger partial charge in [-0.25, -0.2) is 4.98 Å². The highest BCUT2D eigenvalue weighted by molar-refractivity contribution is 7.99. The summed E-state index contributed by atoms with van der Waals surface area (Å²) in [5.74, 6) is 0.598. The van der Waals surface area contributed by atoms with E-state index in [1.807, 2.05) is 7.05 Å². The van der Waals surface area contributed by atoms with Crippen LogP contribution in [0.2, 0.25) is 0 Å². The number of aromatic nitrogens is 5. The van der Waals surface area contributed by atoms with Crippen molar-refractivity contribution in [3.8, 4) is 5.88 Å². The summed E-state index contributed by atoms with van der Waals surface area (Å²) in [6.45, 7) is 0. The van der Waals surface area contributed by atoms with Crippen molar-refractivity contribution in [1.82, 2.24) is 24.7 Å². The molecule has 0 bridgehead atoms. The molecule has 7 nitrogen and oxygen atoms in total. The van der Waals surface area contributed by atoms with Crippen molar-refractivity contribution in [1.29, 1.82) is 0 Å². The molecule has 84 valence electrons. The zero-order chi connectivity index (χ0) is 11.5. The van der Waals surface area contributed by atoms with Crippen LogP contribution in [-0.4, -0.2) is 31.8 Å². The van der Waals surface area contributed by atoms with E-state index in [1.165, 1.54) is 18.9 Å². The molecule has 8 heteroatoms. The van der Waals surface area contributed by atoms with Gasteiger partial charge in [0.1, 0.15) is 11.4 Å². The van der Waals surface area contributed by atoms with Crippen molar-refractivity contribution in [3.63, 3.8) is 0 Å². The van der Waals surface area contributed by atoms with E-state index in [9.17, 15) is 0 Å². The maximum atomic E-state index is 5.54. The van der Waals surface area contributed by atoms with E-state index < -0.39 is 0 Å². The molecule has 0 fully saturated rings. The second kappa shape index (κ2) is 4.35. The Labute approximate surface area is 96.1 Å². The Balaban J connectivity index is 2.28. The summed E-state index contributed by atoms with van der Waals surface area (Å²) in [5.41, 5.74) is 5.54. The molecular weight excluding hydrogens is 228 g/mol. The first-order chi connectivity index (χ1) is 7.69. The first-order valence-electron chi connectivity index (χ1n) is 4.39. The SMILES string of the molecule is COc1cc(Sc2nncn2C)nc(N)n1. The molecule has 0 aliphatic carbocycles. The Morgan fingerprint density at radius 1 is 1.44 bits per heavy atom. The van der Waals surface area contributed by atoms with Crippen LogP contribution in [0.15, 0.2) is 22.6 Å².